The van der Waals surface area contributed by atoms with Crippen LogP contribution in [-0.2, 0) is 0 Å². The summed E-state index contributed by atoms with van der Waals surface area (Å²) in [6.07, 6.45) is 3.72. The number of pyridine rings is 1. The number of rotatable bonds is 6. The molecule has 1 amide bonds. The normalized spacial score (nSPS) is 18.9. The SMILES string of the molecule is O=C(NC1CCC[C@@H]1Nc1nc2ccc(Cl)cc2o1)c1ncccc1OC(F)F. The number of aromatic nitrogens is 2. The largest absolute Gasteiger partial charge is 0.432 e. The standard InChI is InChI=1S/C19H17ClF2N4O3/c20-10-6-7-13-15(9-10)29-19(26-13)25-12-4-1-3-11(12)24-17(27)16-14(28-18(21)22)5-2-8-23-16/h2,5-9,11-12,18H,1,3-4H2,(H,24,27)(H,25,26)/t11?,12-/m0/s1. The van der Waals surface area contributed by atoms with E-state index in [0.717, 1.165) is 12.8 Å². The highest BCUT2D eigenvalue weighted by molar-refractivity contribution is 6.31. The fourth-order valence-corrected chi connectivity index (χ4v) is 3.58. The number of ether oxygens (including phenoxy) is 1. The molecule has 0 aliphatic heterocycles. The topological polar surface area (TPSA) is 89.3 Å². The fraction of sp³-hybridized carbons (Fsp3) is 0.316. The van der Waals surface area contributed by atoms with Crippen molar-refractivity contribution in [1.82, 2.24) is 15.3 Å². The van der Waals surface area contributed by atoms with Gasteiger partial charge >= 0.3 is 6.61 Å². The zero-order chi connectivity index (χ0) is 20.4. The van der Waals surface area contributed by atoms with Gasteiger partial charge in [0, 0.05) is 23.3 Å². The Kier molecular flexibility index (Phi) is 5.48. The van der Waals surface area contributed by atoms with Gasteiger partial charge in [0.2, 0.25) is 0 Å². The highest BCUT2D eigenvalue weighted by atomic mass is 35.5. The summed E-state index contributed by atoms with van der Waals surface area (Å²) in [7, 11) is 0. The van der Waals surface area contributed by atoms with E-state index < -0.39 is 12.5 Å². The number of alkyl halides is 2. The van der Waals surface area contributed by atoms with E-state index in [1.54, 1.807) is 18.2 Å². The van der Waals surface area contributed by atoms with Crippen molar-refractivity contribution >= 4 is 34.6 Å². The van der Waals surface area contributed by atoms with Gasteiger partial charge in [0.25, 0.3) is 11.9 Å². The summed E-state index contributed by atoms with van der Waals surface area (Å²) in [4.78, 5) is 20.9. The number of nitrogens with zero attached hydrogens (tertiary/aromatic N) is 2. The average molecular weight is 423 g/mol. The van der Waals surface area contributed by atoms with Crippen LogP contribution in [0.3, 0.4) is 0 Å². The number of carbonyl (C=O) groups is 1. The number of fused-ring (bicyclic) bond motifs is 1. The molecule has 152 valence electrons. The van der Waals surface area contributed by atoms with Crippen LogP contribution in [0.4, 0.5) is 14.8 Å². The predicted molar refractivity (Wildman–Crippen MR) is 102 cm³/mol. The van der Waals surface area contributed by atoms with Crippen molar-refractivity contribution in [2.45, 2.75) is 38.0 Å². The molecule has 3 aromatic rings. The van der Waals surface area contributed by atoms with Crippen molar-refractivity contribution in [2.24, 2.45) is 0 Å². The minimum absolute atomic E-state index is 0.134. The van der Waals surface area contributed by atoms with Crippen molar-refractivity contribution in [3.05, 3.63) is 47.2 Å². The quantitative estimate of drug-likeness (QED) is 0.617. The van der Waals surface area contributed by atoms with Crippen LogP contribution in [-0.4, -0.2) is 34.6 Å². The highest BCUT2D eigenvalue weighted by Crippen LogP contribution is 2.27. The Balaban J connectivity index is 1.46. The third-order valence-electron chi connectivity index (χ3n) is 4.69. The van der Waals surface area contributed by atoms with Crippen LogP contribution >= 0.6 is 11.6 Å². The van der Waals surface area contributed by atoms with Gasteiger partial charge in [-0.05, 0) is 43.5 Å². The zero-order valence-electron chi connectivity index (χ0n) is 15.1. The van der Waals surface area contributed by atoms with Crippen molar-refractivity contribution < 1.29 is 22.7 Å². The zero-order valence-corrected chi connectivity index (χ0v) is 15.8. The van der Waals surface area contributed by atoms with E-state index in [4.69, 9.17) is 16.0 Å². The molecule has 1 aliphatic carbocycles. The van der Waals surface area contributed by atoms with E-state index in [-0.39, 0.29) is 23.5 Å². The first-order valence-corrected chi connectivity index (χ1v) is 9.41. The number of benzene rings is 1. The Bertz CT molecular complexity index is 1030. The van der Waals surface area contributed by atoms with Crippen molar-refractivity contribution in [1.29, 1.82) is 0 Å². The molecule has 2 aromatic heterocycles. The van der Waals surface area contributed by atoms with Crippen LogP contribution in [0, 0.1) is 0 Å². The lowest BCUT2D eigenvalue weighted by Crippen LogP contribution is -2.43. The van der Waals surface area contributed by atoms with E-state index >= 15 is 0 Å². The second kappa shape index (κ2) is 8.20. The lowest BCUT2D eigenvalue weighted by atomic mass is 10.1. The Hall–Kier alpha value is -2.94. The molecule has 0 spiro atoms. The van der Waals surface area contributed by atoms with E-state index in [2.05, 4.69) is 25.3 Å². The van der Waals surface area contributed by atoms with E-state index in [1.807, 2.05) is 0 Å². The fourth-order valence-electron chi connectivity index (χ4n) is 3.41. The summed E-state index contributed by atoms with van der Waals surface area (Å²) in [5.74, 6) is -0.845. The third-order valence-corrected chi connectivity index (χ3v) is 4.93. The molecule has 1 saturated carbocycles. The summed E-state index contributed by atoms with van der Waals surface area (Å²) in [5.41, 5.74) is 1.04. The lowest BCUT2D eigenvalue weighted by molar-refractivity contribution is -0.0504. The van der Waals surface area contributed by atoms with Gasteiger partial charge in [-0.3, -0.25) is 4.79 Å². The number of amides is 1. The molecule has 7 nitrogen and oxygen atoms in total. The number of carbonyl (C=O) groups excluding carboxylic acids is 1. The Morgan fingerprint density at radius 3 is 2.93 bits per heavy atom. The maximum Gasteiger partial charge on any atom is 0.387 e. The number of hydrogen-bond donors (Lipinski definition) is 2. The van der Waals surface area contributed by atoms with Crippen molar-refractivity contribution in [2.75, 3.05) is 5.32 Å². The van der Waals surface area contributed by atoms with Crippen LogP contribution in [0.15, 0.2) is 40.9 Å². The van der Waals surface area contributed by atoms with Gasteiger partial charge in [0.15, 0.2) is 17.0 Å². The van der Waals surface area contributed by atoms with Crippen LogP contribution in [0.5, 0.6) is 5.75 Å². The number of anilines is 1. The van der Waals surface area contributed by atoms with E-state index in [0.29, 0.717) is 28.6 Å². The van der Waals surface area contributed by atoms with Gasteiger partial charge in [-0.25, -0.2) is 4.98 Å². The molecule has 10 heteroatoms. The molecule has 2 N–H and O–H groups in total. The predicted octanol–water partition coefficient (Wildman–Crippen LogP) is 4.24. The molecule has 1 fully saturated rings. The summed E-state index contributed by atoms with van der Waals surface area (Å²) in [6, 6.07) is 7.80. The Labute approximate surface area is 169 Å². The van der Waals surface area contributed by atoms with Gasteiger partial charge in [0.1, 0.15) is 5.52 Å². The smallest absolute Gasteiger partial charge is 0.387 e. The molecule has 2 atom stereocenters. The van der Waals surface area contributed by atoms with Gasteiger partial charge in [-0.15, -0.1) is 0 Å². The number of halogens is 3. The lowest BCUT2D eigenvalue weighted by Gasteiger charge is -2.21. The second-order valence-electron chi connectivity index (χ2n) is 6.62. The van der Waals surface area contributed by atoms with E-state index in [1.165, 1.54) is 18.3 Å². The average Bonchev–Trinajstić information content (AvgIpc) is 3.27. The maximum absolute atomic E-state index is 12.6. The van der Waals surface area contributed by atoms with Gasteiger partial charge < -0.3 is 19.8 Å². The first-order valence-electron chi connectivity index (χ1n) is 9.03. The molecule has 0 radical (unpaired) electrons. The first-order chi connectivity index (χ1) is 14.0. The minimum atomic E-state index is -3.04. The molecule has 0 bridgehead atoms. The summed E-state index contributed by atoms with van der Waals surface area (Å²) in [5, 5.41) is 6.58. The molecule has 29 heavy (non-hydrogen) atoms. The summed E-state index contributed by atoms with van der Waals surface area (Å²) >= 11 is 5.96. The minimum Gasteiger partial charge on any atom is -0.432 e. The van der Waals surface area contributed by atoms with Crippen molar-refractivity contribution in [3.63, 3.8) is 0 Å². The van der Waals surface area contributed by atoms with Gasteiger partial charge in [-0.1, -0.05) is 11.6 Å². The molecule has 2 heterocycles. The molecule has 1 aromatic carbocycles. The molecular formula is C19H17ClF2N4O3. The van der Waals surface area contributed by atoms with Crippen LogP contribution in [0.25, 0.3) is 11.1 Å². The molecule has 4 rings (SSSR count). The highest BCUT2D eigenvalue weighted by Gasteiger charge is 2.31. The molecule has 0 saturated heterocycles. The number of hydrogen-bond acceptors (Lipinski definition) is 6. The molecule has 1 aliphatic rings. The van der Waals surface area contributed by atoms with Crippen LogP contribution < -0.4 is 15.4 Å². The third kappa shape index (κ3) is 4.40. The van der Waals surface area contributed by atoms with Crippen LogP contribution in [0.2, 0.25) is 5.02 Å². The number of nitrogens with one attached hydrogen (secondary N) is 2. The Morgan fingerprint density at radius 1 is 1.28 bits per heavy atom. The Morgan fingerprint density at radius 2 is 2.10 bits per heavy atom. The number of oxazole rings is 1. The molecular weight excluding hydrogens is 406 g/mol. The van der Waals surface area contributed by atoms with E-state index in [9.17, 15) is 13.6 Å². The summed E-state index contributed by atoms with van der Waals surface area (Å²) in [6.45, 7) is -3.04. The second-order valence-corrected chi connectivity index (χ2v) is 7.06. The molecule has 1 unspecified atom stereocenters. The first kappa shape index (κ1) is 19.4. The van der Waals surface area contributed by atoms with Crippen LogP contribution in [0.1, 0.15) is 29.8 Å². The summed E-state index contributed by atoms with van der Waals surface area (Å²) < 4.78 is 35.2. The maximum atomic E-state index is 12.6. The van der Waals surface area contributed by atoms with Gasteiger partial charge in [-0.2, -0.15) is 13.8 Å². The monoisotopic (exact) mass is 422 g/mol. The van der Waals surface area contributed by atoms with Gasteiger partial charge in [0.05, 0.1) is 6.04 Å². The van der Waals surface area contributed by atoms with Crippen molar-refractivity contribution in [3.8, 4) is 5.75 Å².